The second-order valence-electron chi connectivity index (χ2n) is 3.35. The standard InChI is InChI=1S/C11H11N2O2.Pr/c14-11(15)6-3-7-13-8-12-9-4-1-2-5-10(9)13;/h1-2,4-5H,3,6-7H2,(H,14,15);/q-1;. The van der Waals surface area contributed by atoms with E-state index in [1.807, 2.05) is 28.8 Å². The fourth-order valence-electron chi connectivity index (χ4n) is 1.51. The summed E-state index contributed by atoms with van der Waals surface area (Å²) >= 11 is 0. The third-order valence-electron chi connectivity index (χ3n) is 2.24. The van der Waals surface area contributed by atoms with Crippen molar-refractivity contribution in [3.05, 3.63) is 30.6 Å². The normalized spacial score (nSPS) is 10.0. The molecule has 0 aliphatic rings. The number of carbonyl (C=O) groups is 1. The summed E-state index contributed by atoms with van der Waals surface area (Å²) in [6, 6.07) is 7.73. The Bertz CT molecular complexity index is 482. The van der Waals surface area contributed by atoms with Gasteiger partial charge in [0.2, 0.25) is 0 Å². The van der Waals surface area contributed by atoms with Crippen molar-refractivity contribution in [2.45, 2.75) is 19.4 Å². The third-order valence-corrected chi connectivity index (χ3v) is 2.24. The summed E-state index contributed by atoms with van der Waals surface area (Å²) in [7, 11) is 0. The zero-order valence-corrected chi connectivity index (χ0v) is 12.5. The van der Waals surface area contributed by atoms with Crippen molar-refractivity contribution in [2.24, 2.45) is 0 Å². The van der Waals surface area contributed by atoms with Gasteiger partial charge in [-0.1, -0.05) is 23.2 Å². The van der Waals surface area contributed by atoms with Crippen LogP contribution in [0, 0.1) is 47.6 Å². The summed E-state index contributed by atoms with van der Waals surface area (Å²) in [6.07, 6.45) is 3.65. The van der Waals surface area contributed by atoms with Crippen LogP contribution in [0.1, 0.15) is 12.8 Å². The van der Waals surface area contributed by atoms with Crippen LogP contribution in [-0.4, -0.2) is 20.6 Å². The first-order chi connectivity index (χ1) is 7.27. The number of hydrogen-bond donors (Lipinski definition) is 1. The van der Waals surface area contributed by atoms with Gasteiger partial charge in [0.05, 0.1) is 0 Å². The van der Waals surface area contributed by atoms with Gasteiger partial charge in [0, 0.05) is 54.0 Å². The summed E-state index contributed by atoms with van der Waals surface area (Å²) < 4.78 is 1.86. The molecular weight excluding hydrogens is 333 g/mol. The summed E-state index contributed by atoms with van der Waals surface area (Å²) in [6.45, 7) is 0.646. The van der Waals surface area contributed by atoms with E-state index in [4.69, 9.17) is 5.11 Å². The molecule has 0 spiro atoms. The molecule has 0 unspecified atom stereocenters. The van der Waals surface area contributed by atoms with Crippen molar-refractivity contribution in [3.63, 3.8) is 0 Å². The maximum atomic E-state index is 10.4. The fourth-order valence-corrected chi connectivity index (χ4v) is 1.51. The van der Waals surface area contributed by atoms with Crippen molar-refractivity contribution in [1.82, 2.24) is 9.55 Å². The summed E-state index contributed by atoms with van der Waals surface area (Å²) in [4.78, 5) is 14.5. The number of imidazole rings is 1. The van der Waals surface area contributed by atoms with E-state index in [2.05, 4.69) is 11.3 Å². The molecule has 81 valence electrons. The topological polar surface area (TPSA) is 55.1 Å². The van der Waals surface area contributed by atoms with Crippen LogP contribution in [0.15, 0.2) is 24.3 Å². The number of hydrogen-bond acceptors (Lipinski definition) is 2. The average Bonchev–Trinajstić information content (AvgIpc) is 2.62. The zero-order valence-electron chi connectivity index (χ0n) is 8.76. The molecule has 0 aliphatic heterocycles. The van der Waals surface area contributed by atoms with Crippen LogP contribution in [0.25, 0.3) is 11.0 Å². The molecular formula is C11H11N2O2Pr-. The second kappa shape index (κ2) is 6.31. The van der Waals surface area contributed by atoms with E-state index in [9.17, 15) is 4.79 Å². The Balaban J connectivity index is 0.00000128. The minimum Gasteiger partial charge on any atom is -0.481 e. The van der Waals surface area contributed by atoms with Crippen LogP contribution in [0.2, 0.25) is 0 Å². The number of benzene rings is 1. The molecule has 1 N–H and O–H groups in total. The minimum absolute atomic E-state index is 0. The molecule has 1 heterocycles. The van der Waals surface area contributed by atoms with Gasteiger partial charge in [-0.05, 0) is 13.0 Å². The van der Waals surface area contributed by atoms with Crippen LogP contribution < -0.4 is 0 Å². The smallest absolute Gasteiger partial charge is 0.303 e. The molecule has 2 rings (SSSR count). The molecule has 0 saturated carbocycles. The number of fused-ring (bicyclic) bond motifs is 1. The molecule has 0 saturated heterocycles. The predicted octanol–water partition coefficient (Wildman–Crippen LogP) is 1.70. The van der Waals surface area contributed by atoms with Gasteiger partial charge in [0.25, 0.3) is 0 Å². The number of carboxylic acid groups (broad SMARTS) is 1. The van der Waals surface area contributed by atoms with Gasteiger partial charge in [0.15, 0.2) is 0 Å². The number of aromatic nitrogens is 2. The Morgan fingerprint density at radius 2 is 2.19 bits per heavy atom. The van der Waals surface area contributed by atoms with E-state index in [1.54, 1.807) is 0 Å². The van der Waals surface area contributed by atoms with Gasteiger partial charge in [-0.3, -0.25) is 4.79 Å². The maximum absolute atomic E-state index is 10.4. The Labute approximate surface area is 127 Å². The monoisotopic (exact) mass is 344 g/mol. The van der Waals surface area contributed by atoms with E-state index in [-0.39, 0.29) is 47.7 Å². The average molecular weight is 344 g/mol. The molecule has 1 radical (unpaired) electrons. The maximum Gasteiger partial charge on any atom is 0.303 e. The Kier molecular flexibility index (Phi) is 5.36. The van der Waals surface area contributed by atoms with Gasteiger partial charge in [0.1, 0.15) is 0 Å². The van der Waals surface area contributed by atoms with Crippen molar-refractivity contribution in [1.29, 1.82) is 0 Å². The number of carboxylic acids is 1. The van der Waals surface area contributed by atoms with Crippen molar-refractivity contribution < 1.29 is 51.2 Å². The molecule has 5 heteroatoms. The summed E-state index contributed by atoms with van der Waals surface area (Å²) in [5.41, 5.74) is 1.90. The number of aliphatic carboxylic acids is 1. The SMILES string of the molecule is O=C(O)CCCn1[c-]nc2ccccc21.[Pr]. The number of aryl methyl sites for hydroxylation is 1. The molecule has 0 amide bonds. The van der Waals surface area contributed by atoms with Gasteiger partial charge in [-0.25, -0.2) is 0 Å². The predicted molar refractivity (Wildman–Crippen MR) is 55.4 cm³/mol. The van der Waals surface area contributed by atoms with Crippen molar-refractivity contribution >= 4 is 17.0 Å². The molecule has 0 atom stereocenters. The van der Waals surface area contributed by atoms with E-state index in [0.29, 0.717) is 13.0 Å². The van der Waals surface area contributed by atoms with E-state index >= 15 is 0 Å². The second-order valence-corrected chi connectivity index (χ2v) is 3.35. The van der Waals surface area contributed by atoms with Crippen LogP contribution >= 0.6 is 0 Å². The van der Waals surface area contributed by atoms with E-state index in [1.165, 1.54) is 0 Å². The zero-order chi connectivity index (χ0) is 10.7. The number of nitrogens with zero attached hydrogens (tertiary/aromatic N) is 2. The molecule has 0 fully saturated rings. The van der Waals surface area contributed by atoms with Crippen LogP contribution in [-0.2, 0) is 11.3 Å². The molecule has 2 aromatic rings. The van der Waals surface area contributed by atoms with Gasteiger partial charge in [-0.15, -0.1) is 12.1 Å². The first-order valence-electron chi connectivity index (χ1n) is 4.82. The Hall–Kier alpha value is -0.476. The summed E-state index contributed by atoms with van der Waals surface area (Å²) in [5, 5.41) is 8.52. The molecule has 1 aromatic heterocycles. The quantitative estimate of drug-likeness (QED) is 0.859. The molecule has 16 heavy (non-hydrogen) atoms. The Morgan fingerprint density at radius 3 is 2.94 bits per heavy atom. The van der Waals surface area contributed by atoms with Crippen LogP contribution in [0.4, 0.5) is 0 Å². The molecule has 0 aliphatic carbocycles. The van der Waals surface area contributed by atoms with Gasteiger partial charge in [-0.2, -0.15) is 0 Å². The van der Waals surface area contributed by atoms with Crippen molar-refractivity contribution in [2.75, 3.05) is 0 Å². The van der Waals surface area contributed by atoms with Gasteiger partial charge >= 0.3 is 5.97 Å². The van der Waals surface area contributed by atoms with Crippen LogP contribution in [0.5, 0.6) is 0 Å². The first-order valence-corrected chi connectivity index (χ1v) is 4.82. The van der Waals surface area contributed by atoms with Crippen LogP contribution in [0.3, 0.4) is 0 Å². The number of para-hydroxylation sites is 2. The van der Waals surface area contributed by atoms with E-state index in [0.717, 1.165) is 11.0 Å². The molecule has 4 nitrogen and oxygen atoms in total. The Morgan fingerprint density at radius 1 is 1.44 bits per heavy atom. The van der Waals surface area contributed by atoms with E-state index < -0.39 is 5.97 Å². The molecule has 1 aromatic carbocycles. The minimum atomic E-state index is -0.764. The largest absolute Gasteiger partial charge is 0.481 e. The fraction of sp³-hybridized carbons (Fsp3) is 0.273. The number of rotatable bonds is 4. The summed E-state index contributed by atoms with van der Waals surface area (Å²) in [5.74, 6) is -0.764. The van der Waals surface area contributed by atoms with Gasteiger partial charge < -0.3 is 14.7 Å². The third kappa shape index (κ3) is 3.26. The molecule has 0 bridgehead atoms. The van der Waals surface area contributed by atoms with Crippen molar-refractivity contribution in [3.8, 4) is 0 Å². The first kappa shape index (κ1) is 13.6.